The van der Waals surface area contributed by atoms with Gasteiger partial charge >= 0.3 is 0 Å². The molecule has 0 atom stereocenters. The predicted octanol–water partition coefficient (Wildman–Crippen LogP) is 7.04. The van der Waals surface area contributed by atoms with E-state index in [-0.39, 0.29) is 47.6 Å². The highest BCUT2D eigenvalue weighted by Gasteiger charge is 2.38. The Hall–Kier alpha value is -6.08. The monoisotopic (exact) mass is 880 g/mol. The number of fused-ring (bicyclic) bond motifs is 1. The standard InChI is InChI=1S/C43H48N8O7S2Si/c1-56-32-16-10-29(11-17-32)26-50(27-30-12-18-33(57-2)19-13-30)60(54,55)41-38(59(52,53)24-25-61(4,5)6)23-22-35(36-8-7-9-37-40(36)46-43(44)45-37)39(41)42-47-49-51(48-42)28-31-14-20-34(58-3)21-15-31/h7-23H,24-28H2,1-6H3,(H3,44,45,46). The summed E-state index contributed by atoms with van der Waals surface area (Å²) in [7, 11) is -6.32. The zero-order chi connectivity index (χ0) is 43.5. The first-order valence-electron chi connectivity index (χ1n) is 19.4. The summed E-state index contributed by atoms with van der Waals surface area (Å²) in [6.07, 6.45) is 0. The van der Waals surface area contributed by atoms with Gasteiger partial charge in [-0.15, -0.1) is 10.2 Å². The first-order valence-corrected chi connectivity index (χ1v) is 26.2. The van der Waals surface area contributed by atoms with Gasteiger partial charge in [0.1, 0.15) is 22.1 Å². The number of nitrogens with zero attached hydrogens (tertiary/aromatic N) is 6. The van der Waals surface area contributed by atoms with Crippen LogP contribution in [0.15, 0.2) is 113 Å². The van der Waals surface area contributed by atoms with Crippen molar-refractivity contribution in [3.05, 3.63) is 120 Å². The molecule has 0 saturated heterocycles. The second-order valence-electron chi connectivity index (χ2n) is 15.7. The number of methoxy groups -OCH3 is 3. The molecule has 318 valence electrons. The molecule has 15 nitrogen and oxygen atoms in total. The summed E-state index contributed by atoms with van der Waals surface area (Å²) in [5.41, 5.74) is 10.0. The number of anilines is 1. The number of aromatic amines is 1. The number of benzene rings is 5. The summed E-state index contributed by atoms with van der Waals surface area (Å²) < 4.78 is 78.8. The summed E-state index contributed by atoms with van der Waals surface area (Å²) in [6.45, 7) is 6.14. The van der Waals surface area contributed by atoms with Crippen LogP contribution in [0.4, 0.5) is 5.95 Å². The van der Waals surface area contributed by atoms with Crippen molar-refractivity contribution in [2.75, 3.05) is 32.8 Å². The van der Waals surface area contributed by atoms with Crippen LogP contribution >= 0.6 is 0 Å². The normalized spacial score (nSPS) is 12.2. The van der Waals surface area contributed by atoms with Crippen molar-refractivity contribution in [2.45, 2.75) is 55.1 Å². The van der Waals surface area contributed by atoms with E-state index in [1.54, 1.807) is 106 Å². The molecule has 0 bridgehead atoms. The van der Waals surface area contributed by atoms with E-state index in [0.29, 0.717) is 56.6 Å². The second-order valence-corrected chi connectivity index (χ2v) is 25.3. The Bertz CT molecular complexity index is 2830. The quantitative estimate of drug-likeness (QED) is 0.0887. The van der Waals surface area contributed by atoms with E-state index in [0.717, 1.165) is 5.56 Å². The molecule has 0 radical (unpaired) electrons. The van der Waals surface area contributed by atoms with Gasteiger partial charge in [-0.05, 0) is 82.0 Å². The minimum atomic E-state index is -4.79. The van der Waals surface area contributed by atoms with E-state index in [1.165, 1.54) is 15.2 Å². The number of sulfone groups is 1. The topological polar surface area (TPSA) is 198 Å². The maximum absolute atomic E-state index is 15.9. The van der Waals surface area contributed by atoms with Crippen LogP contribution in [0.2, 0.25) is 25.7 Å². The lowest BCUT2D eigenvalue weighted by atomic mass is 9.98. The molecular formula is C43H48N8O7S2Si. The van der Waals surface area contributed by atoms with Gasteiger partial charge in [-0.3, -0.25) is 0 Å². The first-order chi connectivity index (χ1) is 29.1. The van der Waals surface area contributed by atoms with Gasteiger partial charge < -0.3 is 24.9 Å². The van der Waals surface area contributed by atoms with Crippen LogP contribution in [-0.2, 0) is 39.5 Å². The molecule has 2 aromatic heterocycles. The number of H-pyrrole nitrogens is 1. The lowest BCUT2D eigenvalue weighted by Crippen LogP contribution is -2.32. The predicted molar refractivity (Wildman–Crippen MR) is 237 cm³/mol. The summed E-state index contributed by atoms with van der Waals surface area (Å²) in [5, 5.41) is 13.5. The molecule has 7 aromatic rings. The molecule has 0 aliphatic heterocycles. The Morgan fingerprint density at radius 3 is 1.82 bits per heavy atom. The second kappa shape index (κ2) is 17.5. The average molecular weight is 881 g/mol. The average Bonchev–Trinajstić information content (AvgIpc) is 3.88. The summed E-state index contributed by atoms with van der Waals surface area (Å²) in [6, 6.07) is 30.1. The van der Waals surface area contributed by atoms with Gasteiger partial charge in [-0.2, -0.15) is 9.10 Å². The van der Waals surface area contributed by atoms with Gasteiger partial charge in [0.05, 0.1) is 55.1 Å². The zero-order valence-electron chi connectivity index (χ0n) is 34.8. The molecule has 18 heteroatoms. The van der Waals surface area contributed by atoms with Gasteiger partial charge in [-0.1, -0.05) is 74.2 Å². The number of rotatable bonds is 17. The van der Waals surface area contributed by atoms with Crippen LogP contribution in [-0.4, -0.2) is 86.5 Å². The van der Waals surface area contributed by atoms with Crippen molar-refractivity contribution < 1.29 is 31.0 Å². The van der Waals surface area contributed by atoms with E-state index < -0.39 is 32.8 Å². The van der Waals surface area contributed by atoms with E-state index in [4.69, 9.17) is 25.0 Å². The molecule has 0 fully saturated rings. The lowest BCUT2D eigenvalue weighted by molar-refractivity contribution is 0.396. The third-order valence-electron chi connectivity index (χ3n) is 10.2. The molecule has 7 rings (SSSR count). The lowest BCUT2D eigenvalue weighted by Gasteiger charge is -2.26. The number of nitrogens with one attached hydrogen (secondary N) is 1. The number of nitrogen functional groups attached to an aromatic ring is 1. The summed E-state index contributed by atoms with van der Waals surface area (Å²) in [4.78, 5) is 8.10. The summed E-state index contributed by atoms with van der Waals surface area (Å²) >= 11 is 0. The van der Waals surface area contributed by atoms with E-state index in [2.05, 4.69) is 39.9 Å². The highest BCUT2D eigenvalue weighted by atomic mass is 32.2. The molecule has 61 heavy (non-hydrogen) atoms. The van der Waals surface area contributed by atoms with Crippen molar-refractivity contribution >= 4 is 44.9 Å². The summed E-state index contributed by atoms with van der Waals surface area (Å²) in [5.74, 6) is 1.65. The van der Waals surface area contributed by atoms with Crippen LogP contribution in [0.1, 0.15) is 16.7 Å². The molecule has 0 amide bonds. The Balaban J connectivity index is 1.51. The number of nitrogens with two attached hydrogens (primary N) is 1. The fourth-order valence-corrected chi connectivity index (χ4v) is 13.6. The maximum atomic E-state index is 15.9. The third-order valence-corrected chi connectivity index (χ3v) is 16.1. The Labute approximate surface area is 356 Å². The minimum absolute atomic E-state index is 0.0430. The maximum Gasteiger partial charge on any atom is 0.245 e. The van der Waals surface area contributed by atoms with Gasteiger partial charge in [-0.25, -0.2) is 21.8 Å². The number of aromatic nitrogens is 6. The zero-order valence-corrected chi connectivity index (χ0v) is 37.4. The number of imidazole rings is 1. The number of hydrogen-bond acceptors (Lipinski definition) is 12. The van der Waals surface area contributed by atoms with Crippen LogP contribution < -0.4 is 19.9 Å². The largest absolute Gasteiger partial charge is 0.497 e. The van der Waals surface area contributed by atoms with Gasteiger partial charge in [0, 0.05) is 26.7 Å². The molecule has 3 N–H and O–H groups in total. The Morgan fingerprint density at radius 2 is 1.28 bits per heavy atom. The number of tetrazole rings is 1. The van der Waals surface area contributed by atoms with Crippen molar-refractivity contribution in [3.63, 3.8) is 0 Å². The first kappa shape index (κ1) is 43.0. The Morgan fingerprint density at radius 1 is 0.721 bits per heavy atom. The highest BCUT2D eigenvalue weighted by Crippen LogP contribution is 2.43. The van der Waals surface area contributed by atoms with Crippen molar-refractivity contribution in [3.8, 4) is 39.8 Å². The van der Waals surface area contributed by atoms with E-state index >= 15 is 8.42 Å². The Kier molecular flexibility index (Phi) is 12.3. The third kappa shape index (κ3) is 9.62. The molecule has 0 unspecified atom stereocenters. The number of hydrogen-bond donors (Lipinski definition) is 2. The van der Waals surface area contributed by atoms with Crippen LogP contribution in [0, 0.1) is 0 Å². The number of sulfonamides is 1. The smallest absolute Gasteiger partial charge is 0.245 e. The van der Waals surface area contributed by atoms with E-state index in [1.807, 2.05) is 12.1 Å². The number of para-hydroxylation sites is 1. The fraction of sp³-hybridized carbons (Fsp3) is 0.256. The van der Waals surface area contributed by atoms with Gasteiger partial charge in [0.2, 0.25) is 15.8 Å². The van der Waals surface area contributed by atoms with Gasteiger partial charge in [0.15, 0.2) is 15.8 Å². The fourth-order valence-electron chi connectivity index (χ4n) is 6.86. The molecule has 5 aromatic carbocycles. The molecule has 0 saturated carbocycles. The van der Waals surface area contributed by atoms with Gasteiger partial charge in [0.25, 0.3) is 0 Å². The highest BCUT2D eigenvalue weighted by molar-refractivity contribution is 7.93. The number of ether oxygens (including phenoxy) is 3. The minimum Gasteiger partial charge on any atom is -0.497 e. The molecule has 0 spiro atoms. The molecule has 0 aliphatic carbocycles. The molecule has 0 aliphatic rings. The van der Waals surface area contributed by atoms with Crippen LogP contribution in [0.3, 0.4) is 0 Å². The SMILES string of the molecule is COc1ccc(CN(Cc2ccc(OC)cc2)S(=O)(=O)c2c(S(=O)(=O)CC[Si](C)(C)C)ccc(-c3cccc4[nH]c(N)nc34)c2-c2nnn(Cc3ccc(OC)cc3)n2)cc1. The molecule has 2 heterocycles. The van der Waals surface area contributed by atoms with Crippen molar-refractivity contribution in [2.24, 2.45) is 0 Å². The van der Waals surface area contributed by atoms with Crippen molar-refractivity contribution in [1.82, 2.24) is 34.5 Å². The molecular weight excluding hydrogens is 833 g/mol. The van der Waals surface area contributed by atoms with Crippen molar-refractivity contribution in [1.29, 1.82) is 0 Å². The van der Waals surface area contributed by atoms with Crippen LogP contribution in [0.25, 0.3) is 33.5 Å². The van der Waals surface area contributed by atoms with E-state index in [9.17, 15) is 8.42 Å². The van der Waals surface area contributed by atoms with Crippen LogP contribution in [0.5, 0.6) is 17.2 Å².